The summed E-state index contributed by atoms with van der Waals surface area (Å²) in [7, 11) is 1.63. The second-order valence-electron chi connectivity index (χ2n) is 4.80. The molecular formula is C15H20N2OS. The maximum absolute atomic E-state index is 6.11. The molecule has 2 aromatic rings. The van der Waals surface area contributed by atoms with E-state index in [1.807, 2.05) is 18.2 Å². The molecule has 0 radical (unpaired) electrons. The minimum absolute atomic E-state index is 0.259. The van der Waals surface area contributed by atoms with E-state index in [1.54, 1.807) is 18.4 Å². The number of nitrogens with two attached hydrogens (primary N) is 1. The molecule has 1 aromatic heterocycles. The molecule has 4 heteroatoms. The number of para-hydroxylation sites is 1. The number of ether oxygens (including phenoxy) is 1. The van der Waals surface area contributed by atoms with Gasteiger partial charge in [0.2, 0.25) is 0 Å². The Morgan fingerprint density at radius 2 is 2.00 bits per heavy atom. The molecule has 0 aliphatic carbocycles. The number of rotatable bonds is 5. The van der Waals surface area contributed by atoms with Crippen LogP contribution in [0.1, 0.15) is 24.8 Å². The van der Waals surface area contributed by atoms with Gasteiger partial charge in [0.25, 0.3) is 0 Å². The van der Waals surface area contributed by atoms with Crippen molar-refractivity contribution in [2.24, 2.45) is 5.92 Å². The highest BCUT2D eigenvalue weighted by molar-refractivity contribution is 7.10. The number of thiophene rings is 1. The van der Waals surface area contributed by atoms with Crippen LogP contribution in [0.25, 0.3) is 0 Å². The Labute approximate surface area is 118 Å². The van der Waals surface area contributed by atoms with Gasteiger partial charge in [-0.1, -0.05) is 26.0 Å². The Morgan fingerprint density at radius 1 is 1.21 bits per heavy atom. The first kappa shape index (κ1) is 13.7. The molecule has 0 saturated heterocycles. The predicted molar refractivity (Wildman–Crippen MR) is 82.9 cm³/mol. The summed E-state index contributed by atoms with van der Waals surface area (Å²) in [6, 6.07) is 10.3. The van der Waals surface area contributed by atoms with Crippen LogP contribution in [-0.4, -0.2) is 7.11 Å². The zero-order valence-corrected chi connectivity index (χ0v) is 12.3. The van der Waals surface area contributed by atoms with E-state index < -0.39 is 0 Å². The van der Waals surface area contributed by atoms with Gasteiger partial charge in [-0.3, -0.25) is 0 Å². The maximum Gasteiger partial charge on any atom is 0.143 e. The summed E-state index contributed by atoms with van der Waals surface area (Å²) in [6.45, 7) is 4.40. The van der Waals surface area contributed by atoms with Crippen molar-refractivity contribution in [1.29, 1.82) is 0 Å². The van der Waals surface area contributed by atoms with Crippen molar-refractivity contribution in [3.8, 4) is 5.75 Å². The van der Waals surface area contributed by atoms with E-state index >= 15 is 0 Å². The first-order valence-corrected chi connectivity index (χ1v) is 7.24. The summed E-state index contributed by atoms with van der Waals surface area (Å²) in [6.07, 6.45) is 0. The summed E-state index contributed by atoms with van der Waals surface area (Å²) in [4.78, 5) is 1.32. The maximum atomic E-state index is 6.11. The van der Waals surface area contributed by atoms with E-state index in [9.17, 15) is 0 Å². The minimum atomic E-state index is 0.259. The van der Waals surface area contributed by atoms with Crippen LogP contribution in [0.2, 0.25) is 0 Å². The Morgan fingerprint density at radius 3 is 2.58 bits per heavy atom. The van der Waals surface area contributed by atoms with Crippen molar-refractivity contribution in [1.82, 2.24) is 0 Å². The number of nitrogens with one attached hydrogen (secondary N) is 1. The standard InChI is InChI=1S/C15H20N2OS/c1-10(2)15(13-8-5-9-19-13)17-11-6-4-7-12(18-3)14(11)16/h4-10,15,17H,16H2,1-3H3. The fourth-order valence-electron chi connectivity index (χ4n) is 2.05. The number of anilines is 2. The molecule has 0 spiro atoms. The summed E-state index contributed by atoms with van der Waals surface area (Å²) in [5, 5.41) is 5.63. The first-order valence-electron chi connectivity index (χ1n) is 6.36. The molecule has 3 N–H and O–H groups in total. The lowest BCUT2D eigenvalue weighted by Crippen LogP contribution is -2.16. The molecule has 0 fully saturated rings. The molecule has 0 saturated carbocycles. The van der Waals surface area contributed by atoms with Gasteiger partial charge in [0, 0.05) is 4.88 Å². The van der Waals surface area contributed by atoms with Gasteiger partial charge in [-0.05, 0) is 29.5 Å². The highest BCUT2D eigenvalue weighted by Gasteiger charge is 2.18. The number of benzene rings is 1. The molecule has 19 heavy (non-hydrogen) atoms. The highest BCUT2D eigenvalue weighted by Crippen LogP contribution is 2.35. The zero-order chi connectivity index (χ0) is 13.8. The third kappa shape index (κ3) is 3.01. The summed E-state index contributed by atoms with van der Waals surface area (Å²) < 4.78 is 5.26. The largest absolute Gasteiger partial charge is 0.495 e. The molecule has 0 amide bonds. The number of hydrogen-bond acceptors (Lipinski definition) is 4. The highest BCUT2D eigenvalue weighted by atomic mass is 32.1. The Hall–Kier alpha value is -1.68. The lowest BCUT2D eigenvalue weighted by Gasteiger charge is -2.24. The average molecular weight is 276 g/mol. The molecule has 2 rings (SSSR count). The fourth-order valence-corrected chi connectivity index (χ4v) is 3.00. The van der Waals surface area contributed by atoms with Crippen molar-refractivity contribution in [3.63, 3.8) is 0 Å². The van der Waals surface area contributed by atoms with E-state index in [0.29, 0.717) is 17.4 Å². The Balaban J connectivity index is 2.28. The lowest BCUT2D eigenvalue weighted by molar-refractivity contribution is 0.417. The quantitative estimate of drug-likeness (QED) is 0.807. The van der Waals surface area contributed by atoms with Gasteiger partial charge in [-0.2, -0.15) is 0 Å². The van der Waals surface area contributed by atoms with E-state index in [0.717, 1.165) is 5.69 Å². The number of hydrogen-bond donors (Lipinski definition) is 2. The molecular weight excluding hydrogens is 256 g/mol. The van der Waals surface area contributed by atoms with Crippen LogP contribution in [0.15, 0.2) is 35.7 Å². The SMILES string of the molecule is COc1cccc(NC(c2cccs2)C(C)C)c1N. The average Bonchev–Trinajstić information content (AvgIpc) is 2.90. The van der Waals surface area contributed by atoms with E-state index in [4.69, 9.17) is 10.5 Å². The smallest absolute Gasteiger partial charge is 0.143 e. The third-order valence-corrected chi connectivity index (χ3v) is 4.07. The summed E-state index contributed by atoms with van der Waals surface area (Å²) in [5.41, 5.74) is 7.69. The van der Waals surface area contributed by atoms with Gasteiger partial charge >= 0.3 is 0 Å². The Bertz CT molecular complexity index is 523. The molecule has 1 aromatic carbocycles. The molecule has 0 aliphatic rings. The van der Waals surface area contributed by atoms with Crippen LogP contribution in [0.4, 0.5) is 11.4 Å². The second kappa shape index (κ2) is 5.97. The van der Waals surface area contributed by atoms with Crippen molar-refractivity contribution in [3.05, 3.63) is 40.6 Å². The van der Waals surface area contributed by atoms with Crippen molar-refractivity contribution < 1.29 is 4.74 Å². The van der Waals surface area contributed by atoms with Gasteiger partial charge in [0.15, 0.2) is 0 Å². The van der Waals surface area contributed by atoms with Gasteiger partial charge < -0.3 is 15.8 Å². The van der Waals surface area contributed by atoms with Gasteiger partial charge in [-0.25, -0.2) is 0 Å². The second-order valence-corrected chi connectivity index (χ2v) is 5.78. The Kier molecular flexibility index (Phi) is 4.32. The molecule has 0 bridgehead atoms. The first-order chi connectivity index (χ1) is 9.13. The topological polar surface area (TPSA) is 47.3 Å². The fraction of sp³-hybridized carbons (Fsp3) is 0.333. The van der Waals surface area contributed by atoms with Crippen LogP contribution in [0, 0.1) is 5.92 Å². The van der Waals surface area contributed by atoms with Crippen LogP contribution in [0.5, 0.6) is 5.75 Å². The normalized spacial score (nSPS) is 12.4. The molecule has 102 valence electrons. The van der Waals surface area contributed by atoms with E-state index in [2.05, 4.69) is 36.7 Å². The monoisotopic (exact) mass is 276 g/mol. The zero-order valence-electron chi connectivity index (χ0n) is 11.5. The van der Waals surface area contributed by atoms with Gasteiger partial charge in [-0.15, -0.1) is 11.3 Å². The molecule has 3 nitrogen and oxygen atoms in total. The lowest BCUT2D eigenvalue weighted by atomic mass is 10.0. The van der Waals surface area contributed by atoms with Crippen LogP contribution in [-0.2, 0) is 0 Å². The molecule has 1 atom stereocenters. The molecule has 1 heterocycles. The summed E-state index contributed by atoms with van der Waals surface area (Å²) in [5.74, 6) is 1.18. The van der Waals surface area contributed by atoms with Gasteiger partial charge in [0.1, 0.15) is 5.75 Å². The van der Waals surface area contributed by atoms with Crippen molar-refractivity contribution in [2.75, 3.05) is 18.2 Å². The molecule has 0 aliphatic heterocycles. The van der Waals surface area contributed by atoms with Gasteiger partial charge in [0.05, 0.1) is 24.5 Å². The van der Waals surface area contributed by atoms with Crippen LogP contribution < -0.4 is 15.8 Å². The number of nitrogen functional groups attached to an aromatic ring is 1. The summed E-state index contributed by atoms with van der Waals surface area (Å²) >= 11 is 1.76. The van der Waals surface area contributed by atoms with Crippen molar-refractivity contribution in [2.45, 2.75) is 19.9 Å². The van der Waals surface area contributed by atoms with E-state index in [-0.39, 0.29) is 6.04 Å². The van der Waals surface area contributed by atoms with Crippen LogP contribution >= 0.6 is 11.3 Å². The number of methoxy groups -OCH3 is 1. The van der Waals surface area contributed by atoms with E-state index in [1.165, 1.54) is 4.88 Å². The van der Waals surface area contributed by atoms with Crippen molar-refractivity contribution >= 4 is 22.7 Å². The minimum Gasteiger partial charge on any atom is -0.495 e. The molecule has 1 unspecified atom stereocenters. The van der Waals surface area contributed by atoms with Crippen LogP contribution in [0.3, 0.4) is 0 Å². The predicted octanol–water partition coefficient (Wildman–Crippen LogP) is 4.15. The third-order valence-electron chi connectivity index (χ3n) is 3.11.